The van der Waals surface area contributed by atoms with Gasteiger partial charge in [0.1, 0.15) is 6.26 Å². The summed E-state index contributed by atoms with van der Waals surface area (Å²) in [6.07, 6.45) is 5.53. The second kappa shape index (κ2) is 6.34. The van der Waals surface area contributed by atoms with Crippen LogP contribution in [-0.4, -0.2) is 34.1 Å². The third-order valence-electron chi connectivity index (χ3n) is 3.99. The second-order valence-corrected chi connectivity index (χ2v) is 6.21. The third-order valence-corrected chi connectivity index (χ3v) is 3.99. The van der Waals surface area contributed by atoms with E-state index in [0.717, 1.165) is 31.5 Å². The molecule has 1 fully saturated rings. The fourth-order valence-electron chi connectivity index (χ4n) is 2.76. The number of piperidine rings is 1. The number of aromatic nitrogens is 2. The zero-order valence-electron chi connectivity index (χ0n) is 13.0. The Bertz CT molecular complexity index is 610. The fourth-order valence-corrected chi connectivity index (χ4v) is 2.76. The highest BCUT2D eigenvalue weighted by atomic mass is 16.4. The highest BCUT2D eigenvalue weighted by Gasteiger charge is 2.27. The lowest BCUT2D eigenvalue weighted by Crippen LogP contribution is -2.38. The number of furan rings is 1. The van der Waals surface area contributed by atoms with Crippen molar-refractivity contribution in [1.82, 2.24) is 15.1 Å². The molecule has 6 heteroatoms. The van der Waals surface area contributed by atoms with Gasteiger partial charge < -0.3 is 13.7 Å². The van der Waals surface area contributed by atoms with Crippen LogP contribution in [0.25, 0.3) is 11.5 Å². The number of likely N-dealkylation sites (tertiary alicyclic amines) is 1. The van der Waals surface area contributed by atoms with Gasteiger partial charge in [0, 0.05) is 25.4 Å². The van der Waals surface area contributed by atoms with Crippen molar-refractivity contribution in [3.8, 4) is 11.5 Å². The smallest absolute Gasteiger partial charge is 0.250 e. The molecule has 0 saturated carbocycles. The number of hydrogen-bond donors (Lipinski definition) is 0. The van der Waals surface area contributed by atoms with Gasteiger partial charge in [-0.25, -0.2) is 0 Å². The molecule has 0 aliphatic carbocycles. The molecule has 1 amide bonds. The van der Waals surface area contributed by atoms with Gasteiger partial charge in [0.05, 0.1) is 11.8 Å². The van der Waals surface area contributed by atoms with Gasteiger partial charge in [-0.1, -0.05) is 13.8 Å². The molecule has 22 heavy (non-hydrogen) atoms. The van der Waals surface area contributed by atoms with E-state index in [9.17, 15) is 4.79 Å². The van der Waals surface area contributed by atoms with Crippen LogP contribution < -0.4 is 0 Å². The van der Waals surface area contributed by atoms with Crippen LogP contribution in [0, 0.1) is 5.92 Å². The average molecular weight is 303 g/mol. The minimum Gasteiger partial charge on any atom is -0.472 e. The van der Waals surface area contributed by atoms with Gasteiger partial charge in [-0.2, -0.15) is 0 Å². The summed E-state index contributed by atoms with van der Waals surface area (Å²) >= 11 is 0. The Kier molecular flexibility index (Phi) is 4.27. The number of carbonyl (C=O) groups excluding carboxylic acids is 1. The minimum atomic E-state index is 0.233. The van der Waals surface area contributed by atoms with E-state index in [1.807, 2.05) is 4.90 Å². The normalized spacial score (nSPS) is 16.4. The van der Waals surface area contributed by atoms with Crippen molar-refractivity contribution in [2.75, 3.05) is 13.1 Å². The van der Waals surface area contributed by atoms with Crippen molar-refractivity contribution in [3.05, 3.63) is 24.5 Å². The lowest BCUT2D eigenvalue weighted by molar-refractivity contribution is -0.133. The quantitative estimate of drug-likeness (QED) is 0.868. The maximum absolute atomic E-state index is 12.1. The molecular weight excluding hydrogens is 282 g/mol. The van der Waals surface area contributed by atoms with Crippen molar-refractivity contribution in [2.24, 2.45) is 5.92 Å². The molecule has 6 nitrogen and oxygen atoms in total. The number of rotatable bonds is 4. The SMILES string of the molecule is CC(C)CC(=O)N1CCC(c2nnc(-c3ccoc3)o2)CC1. The summed E-state index contributed by atoms with van der Waals surface area (Å²) < 4.78 is 10.8. The molecule has 0 bridgehead atoms. The molecule has 1 aliphatic rings. The van der Waals surface area contributed by atoms with Gasteiger partial charge in [0.2, 0.25) is 11.8 Å². The van der Waals surface area contributed by atoms with E-state index >= 15 is 0 Å². The van der Waals surface area contributed by atoms with E-state index in [1.165, 1.54) is 0 Å². The largest absolute Gasteiger partial charge is 0.472 e. The van der Waals surface area contributed by atoms with Crippen molar-refractivity contribution in [2.45, 2.75) is 39.0 Å². The van der Waals surface area contributed by atoms with Crippen molar-refractivity contribution >= 4 is 5.91 Å². The zero-order valence-corrected chi connectivity index (χ0v) is 13.0. The molecule has 1 aliphatic heterocycles. The van der Waals surface area contributed by atoms with Gasteiger partial charge in [-0.05, 0) is 24.8 Å². The maximum atomic E-state index is 12.1. The Labute approximate surface area is 129 Å². The molecule has 0 N–H and O–H groups in total. The van der Waals surface area contributed by atoms with Crippen LogP contribution in [0.1, 0.15) is 44.9 Å². The highest BCUT2D eigenvalue weighted by molar-refractivity contribution is 5.76. The van der Waals surface area contributed by atoms with Crippen LogP contribution in [0.15, 0.2) is 27.4 Å². The van der Waals surface area contributed by atoms with Crippen LogP contribution in [-0.2, 0) is 4.79 Å². The van der Waals surface area contributed by atoms with Crippen molar-refractivity contribution < 1.29 is 13.6 Å². The first-order valence-electron chi connectivity index (χ1n) is 7.77. The van der Waals surface area contributed by atoms with Gasteiger partial charge in [0.25, 0.3) is 5.89 Å². The molecule has 0 atom stereocenters. The Hall–Kier alpha value is -2.11. The summed E-state index contributed by atoms with van der Waals surface area (Å²) in [5.74, 6) is 2.03. The molecule has 0 aromatic carbocycles. The first-order valence-corrected chi connectivity index (χ1v) is 7.77. The third kappa shape index (κ3) is 3.21. The Morgan fingerprint density at radius 1 is 1.36 bits per heavy atom. The lowest BCUT2D eigenvalue weighted by Gasteiger charge is -2.31. The molecule has 1 saturated heterocycles. The van der Waals surface area contributed by atoms with Crippen LogP contribution in [0.4, 0.5) is 0 Å². The van der Waals surface area contributed by atoms with E-state index in [2.05, 4.69) is 24.0 Å². The van der Waals surface area contributed by atoms with Crippen molar-refractivity contribution in [3.63, 3.8) is 0 Å². The van der Waals surface area contributed by atoms with Crippen LogP contribution in [0.5, 0.6) is 0 Å². The first kappa shape index (κ1) is 14.8. The fraction of sp³-hybridized carbons (Fsp3) is 0.562. The molecule has 0 radical (unpaired) electrons. The summed E-state index contributed by atoms with van der Waals surface area (Å²) in [4.78, 5) is 14.0. The molecular formula is C16H21N3O3. The van der Waals surface area contributed by atoms with E-state index in [1.54, 1.807) is 18.6 Å². The topological polar surface area (TPSA) is 72.4 Å². The molecule has 118 valence electrons. The van der Waals surface area contributed by atoms with E-state index in [4.69, 9.17) is 8.83 Å². The maximum Gasteiger partial charge on any atom is 0.250 e. The summed E-state index contributed by atoms with van der Waals surface area (Å²) in [6.45, 7) is 5.67. The zero-order chi connectivity index (χ0) is 15.5. The first-order chi connectivity index (χ1) is 10.6. The molecule has 2 aromatic rings. The molecule has 3 rings (SSSR count). The van der Waals surface area contributed by atoms with Crippen LogP contribution >= 0.6 is 0 Å². The predicted octanol–water partition coefficient (Wildman–Crippen LogP) is 3.08. The van der Waals surface area contributed by atoms with E-state index in [-0.39, 0.29) is 11.8 Å². The monoisotopic (exact) mass is 303 g/mol. The molecule has 0 spiro atoms. The van der Waals surface area contributed by atoms with Crippen molar-refractivity contribution in [1.29, 1.82) is 0 Å². The Morgan fingerprint density at radius 3 is 2.77 bits per heavy atom. The minimum absolute atomic E-state index is 0.233. The summed E-state index contributed by atoms with van der Waals surface area (Å²) in [5.41, 5.74) is 0.795. The number of amides is 1. The predicted molar refractivity (Wildman–Crippen MR) is 80.0 cm³/mol. The Balaban J connectivity index is 1.59. The van der Waals surface area contributed by atoms with E-state index < -0.39 is 0 Å². The van der Waals surface area contributed by atoms with Gasteiger partial charge >= 0.3 is 0 Å². The summed E-state index contributed by atoms with van der Waals surface area (Å²) in [7, 11) is 0. The van der Waals surface area contributed by atoms with Crippen LogP contribution in [0.2, 0.25) is 0 Å². The molecule has 3 heterocycles. The molecule has 2 aromatic heterocycles. The van der Waals surface area contributed by atoms with Gasteiger partial charge in [-0.3, -0.25) is 4.79 Å². The van der Waals surface area contributed by atoms with E-state index in [0.29, 0.717) is 24.1 Å². The molecule has 0 unspecified atom stereocenters. The van der Waals surface area contributed by atoms with Gasteiger partial charge in [0.15, 0.2) is 0 Å². The standard InChI is InChI=1S/C16H21N3O3/c1-11(2)9-14(20)19-6-3-12(4-7-19)15-17-18-16(22-15)13-5-8-21-10-13/h5,8,10-12H,3-4,6-7,9H2,1-2H3. The average Bonchev–Trinajstić information content (AvgIpc) is 3.18. The summed E-state index contributed by atoms with van der Waals surface area (Å²) in [5, 5.41) is 8.22. The van der Waals surface area contributed by atoms with Crippen LogP contribution in [0.3, 0.4) is 0 Å². The lowest BCUT2D eigenvalue weighted by atomic mass is 9.96. The Morgan fingerprint density at radius 2 is 2.14 bits per heavy atom. The highest BCUT2D eigenvalue weighted by Crippen LogP contribution is 2.29. The number of hydrogen-bond acceptors (Lipinski definition) is 5. The second-order valence-electron chi connectivity index (χ2n) is 6.21. The number of nitrogens with zero attached hydrogens (tertiary/aromatic N) is 3. The summed E-state index contributed by atoms with van der Waals surface area (Å²) in [6, 6.07) is 1.80. The number of carbonyl (C=O) groups is 1. The van der Waals surface area contributed by atoms with Gasteiger partial charge in [-0.15, -0.1) is 10.2 Å².